The SMILES string of the molecule is COc1cc(C=Nc2cc(Br)cc(Br)c2)ccc1N(CCCl)CCCl.Cl. The van der Waals surface area contributed by atoms with Crippen LogP contribution in [0.3, 0.4) is 0 Å². The zero-order valence-electron chi connectivity index (χ0n) is 14.1. The van der Waals surface area contributed by atoms with Crippen LogP contribution in [0.25, 0.3) is 0 Å². The van der Waals surface area contributed by atoms with E-state index in [2.05, 4.69) is 41.8 Å². The van der Waals surface area contributed by atoms with E-state index in [1.165, 1.54) is 0 Å². The van der Waals surface area contributed by atoms with E-state index in [1.807, 2.05) is 42.6 Å². The normalized spacial score (nSPS) is 10.7. The molecule has 142 valence electrons. The molecule has 0 aliphatic rings. The average molecular weight is 546 g/mol. The summed E-state index contributed by atoms with van der Waals surface area (Å²) in [6, 6.07) is 11.9. The summed E-state index contributed by atoms with van der Waals surface area (Å²) in [5.74, 6) is 1.83. The molecule has 2 aromatic carbocycles. The molecular formula is C18H19Br2Cl3N2O. The third-order valence-corrected chi connectivity index (χ3v) is 4.72. The zero-order chi connectivity index (χ0) is 18.2. The highest BCUT2D eigenvalue weighted by atomic mass is 79.9. The van der Waals surface area contributed by atoms with E-state index in [4.69, 9.17) is 27.9 Å². The van der Waals surface area contributed by atoms with E-state index in [1.54, 1.807) is 7.11 Å². The van der Waals surface area contributed by atoms with E-state index in [-0.39, 0.29) is 12.4 Å². The molecule has 0 heterocycles. The molecule has 2 aromatic rings. The van der Waals surface area contributed by atoms with Crippen molar-refractivity contribution in [2.24, 2.45) is 4.99 Å². The Balaban J connectivity index is 0.00000338. The first-order chi connectivity index (χ1) is 12.1. The van der Waals surface area contributed by atoms with Crippen LogP contribution >= 0.6 is 67.5 Å². The van der Waals surface area contributed by atoms with Crippen LogP contribution in [0.1, 0.15) is 5.56 Å². The Hall–Kier alpha value is -0.460. The van der Waals surface area contributed by atoms with Gasteiger partial charge >= 0.3 is 0 Å². The predicted octanol–water partition coefficient (Wildman–Crippen LogP) is 6.68. The quantitative estimate of drug-likeness (QED) is 0.273. The first-order valence-corrected chi connectivity index (χ1v) is 10.3. The van der Waals surface area contributed by atoms with Crippen molar-refractivity contribution in [2.75, 3.05) is 36.9 Å². The Morgan fingerprint density at radius 1 is 1.04 bits per heavy atom. The number of alkyl halides is 2. The van der Waals surface area contributed by atoms with Gasteiger partial charge in [-0.2, -0.15) is 0 Å². The second-order valence-corrected chi connectivity index (χ2v) is 7.77. The number of hydrogen-bond donors (Lipinski definition) is 0. The second-order valence-electron chi connectivity index (χ2n) is 5.18. The molecule has 8 heteroatoms. The van der Waals surface area contributed by atoms with Gasteiger partial charge in [0.25, 0.3) is 0 Å². The topological polar surface area (TPSA) is 24.8 Å². The molecule has 0 aromatic heterocycles. The number of hydrogen-bond acceptors (Lipinski definition) is 3. The number of rotatable bonds is 8. The number of halogens is 5. The van der Waals surface area contributed by atoms with Gasteiger partial charge in [-0.05, 0) is 35.9 Å². The highest BCUT2D eigenvalue weighted by molar-refractivity contribution is 9.11. The van der Waals surface area contributed by atoms with Crippen molar-refractivity contribution in [1.82, 2.24) is 0 Å². The molecule has 3 nitrogen and oxygen atoms in total. The largest absolute Gasteiger partial charge is 0.495 e. The molecule has 0 unspecified atom stereocenters. The van der Waals surface area contributed by atoms with Gasteiger partial charge in [-0.3, -0.25) is 4.99 Å². The number of ether oxygens (including phenoxy) is 1. The Kier molecular flexibility index (Phi) is 11.0. The lowest BCUT2D eigenvalue weighted by Gasteiger charge is -2.25. The third-order valence-electron chi connectivity index (χ3n) is 3.46. The van der Waals surface area contributed by atoms with Gasteiger partial charge in [0.1, 0.15) is 5.75 Å². The van der Waals surface area contributed by atoms with Crippen LogP contribution < -0.4 is 9.64 Å². The molecule has 0 N–H and O–H groups in total. The van der Waals surface area contributed by atoms with Crippen molar-refractivity contribution < 1.29 is 4.74 Å². The summed E-state index contributed by atoms with van der Waals surface area (Å²) in [6.07, 6.45) is 1.81. The van der Waals surface area contributed by atoms with Crippen molar-refractivity contribution in [3.8, 4) is 5.75 Å². The summed E-state index contributed by atoms with van der Waals surface area (Å²) < 4.78 is 7.49. The molecule has 0 atom stereocenters. The van der Waals surface area contributed by atoms with Gasteiger partial charge in [0.15, 0.2) is 0 Å². The molecule has 0 spiro atoms. The summed E-state index contributed by atoms with van der Waals surface area (Å²) in [5, 5.41) is 0. The minimum absolute atomic E-state index is 0. The molecule has 0 fully saturated rings. The zero-order valence-corrected chi connectivity index (χ0v) is 19.6. The lowest BCUT2D eigenvalue weighted by atomic mass is 10.2. The molecule has 0 aliphatic carbocycles. The number of anilines is 1. The monoisotopic (exact) mass is 542 g/mol. The minimum atomic E-state index is 0. The van der Waals surface area contributed by atoms with Crippen LogP contribution in [0.15, 0.2) is 50.3 Å². The maximum absolute atomic E-state index is 5.90. The number of nitrogens with zero attached hydrogens (tertiary/aromatic N) is 2. The Morgan fingerprint density at radius 2 is 1.65 bits per heavy atom. The van der Waals surface area contributed by atoms with Gasteiger partial charge in [0, 0.05) is 40.0 Å². The molecular weight excluding hydrogens is 526 g/mol. The molecule has 0 saturated heterocycles. The van der Waals surface area contributed by atoms with Crippen molar-refractivity contribution in [1.29, 1.82) is 0 Å². The van der Waals surface area contributed by atoms with Crippen molar-refractivity contribution in [3.63, 3.8) is 0 Å². The van der Waals surface area contributed by atoms with Gasteiger partial charge in [-0.1, -0.05) is 37.9 Å². The van der Waals surface area contributed by atoms with Gasteiger partial charge < -0.3 is 9.64 Å². The third kappa shape index (κ3) is 6.93. The lowest BCUT2D eigenvalue weighted by molar-refractivity contribution is 0.414. The fourth-order valence-electron chi connectivity index (χ4n) is 2.36. The first-order valence-electron chi connectivity index (χ1n) is 7.62. The molecule has 26 heavy (non-hydrogen) atoms. The summed E-state index contributed by atoms with van der Waals surface area (Å²) in [5.41, 5.74) is 2.79. The van der Waals surface area contributed by atoms with E-state index in [9.17, 15) is 0 Å². The fraction of sp³-hybridized carbons (Fsp3) is 0.278. The van der Waals surface area contributed by atoms with Crippen molar-refractivity contribution in [3.05, 3.63) is 50.9 Å². The highest BCUT2D eigenvalue weighted by Crippen LogP contribution is 2.30. The Morgan fingerprint density at radius 3 is 2.19 bits per heavy atom. The fourth-order valence-corrected chi connectivity index (χ4v) is 4.03. The van der Waals surface area contributed by atoms with Crippen molar-refractivity contribution in [2.45, 2.75) is 0 Å². The smallest absolute Gasteiger partial charge is 0.142 e. The molecule has 0 saturated carbocycles. The molecule has 0 bridgehead atoms. The first kappa shape index (κ1) is 23.6. The summed E-state index contributed by atoms with van der Waals surface area (Å²) >= 11 is 18.7. The molecule has 2 rings (SSSR count). The average Bonchev–Trinajstić information content (AvgIpc) is 2.59. The Labute approximate surface area is 187 Å². The molecule has 0 aliphatic heterocycles. The summed E-state index contributed by atoms with van der Waals surface area (Å²) in [6.45, 7) is 1.42. The maximum atomic E-state index is 5.90. The number of benzene rings is 2. The Bertz CT molecular complexity index is 718. The van der Waals surface area contributed by atoms with E-state index in [0.29, 0.717) is 24.8 Å². The lowest BCUT2D eigenvalue weighted by Crippen LogP contribution is -2.28. The summed E-state index contributed by atoms with van der Waals surface area (Å²) in [4.78, 5) is 6.64. The molecule has 0 radical (unpaired) electrons. The number of aliphatic imine (C=N–C) groups is 1. The minimum Gasteiger partial charge on any atom is -0.495 e. The van der Waals surface area contributed by atoms with Gasteiger partial charge in [0.05, 0.1) is 18.5 Å². The van der Waals surface area contributed by atoms with Gasteiger partial charge in [0.2, 0.25) is 0 Å². The molecule has 0 amide bonds. The van der Waals surface area contributed by atoms with E-state index >= 15 is 0 Å². The van der Waals surface area contributed by atoms with Gasteiger partial charge in [-0.15, -0.1) is 35.6 Å². The van der Waals surface area contributed by atoms with Crippen LogP contribution in [-0.4, -0.2) is 38.2 Å². The van der Waals surface area contributed by atoms with Crippen LogP contribution in [0.4, 0.5) is 11.4 Å². The van der Waals surface area contributed by atoms with Crippen LogP contribution in [0.2, 0.25) is 0 Å². The second kappa shape index (κ2) is 12.1. The predicted molar refractivity (Wildman–Crippen MR) is 123 cm³/mol. The van der Waals surface area contributed by atoms with Gasteiger partial charge in [-0.25, -0.2) is 0 Å². The van der Waals surface area contributed by atoms with Crippen LogP contribution in [-0.2, 0) is 0 Å². The van der Waals surface area contributed by atoms with Crippen LogP contribution in [0.5, 0.6) is 5.75 Å². The number of methoxy groups -OCH3 is 1. The van der Waals surface area contributed by atoms with Crippen molar-refractivity contribution >= 4 is 85.1 Å². The standard InChI is InChI=1S/C18H18Br2Cl2N2O.ClH/c1-25-18-8-13(2-3-17(18)24(6-4-21)7-5-22)12-23-16-10-14(19)9-15(20)11-16;/h2-3,8-12H,4-7H2,1H3;1H. The van der Waals surface area contributed by atoms with E-state index < -0.39 is 0 Å². The summed E-state index contributed by atoms with van der Waals surface area (Å²) in [7, 11) is 1.66. The highest BCUT2D eigenvalue weighted by Gasteiger charge is 2.11. The van der Waals surface area contributed by atoms with E-state index in [0.717, 1.165) is 31.6 Å². The van der Waals surface area contributed by atoms with Crippen LogP contribution in [0, 0.1) is 0 Å². The maximum Gasteiger partial charge on any atom is 0.142 e.